The molecule has 0 spiro atoms. The molecule has 4 rings (SSSR count). The van der Waals surface area contributed by atoms with E-state index in [9.17, 15) is 14.7 Å². The number of benzene rings is 3. The van der Waals surface area contributed by atoms with Gasteiger partial charge in [-0.05, 0) is 79.3 Å². The molecule has 39 heavy (non-hydrogen) atoms. The summed E-state index contributed by atoms with van der Waals surface area (Å²) in [7, 11) is 2.90. The molecule has 1 aliphatic heterocycles. The summed E-state index contributed by atoms with van der Waals surface area (Å²) >= 11 is 0. The van der Waals surface area contributed by atoms with Gasteiger partial charge in [0.2, 0.25) is 11.7 Å². The van der Waals surface area contributed by atoms with Gasteiger partial charge in [0.1, 0.15) is 6.04 Å². The molecular weight excluding hydrogens is 492 g/mol. The summed E-state index contributed by atoms with van der Waals surface area (Å²) in [5.74, 6) is 0.0759. The van der Waals surface area contributed by atoms with Crippen molar-refractivity contribution in [1.82, 2.24) is 5.32 Å². The predicted octanol–water partition coefficient (Wildman–Crippen LogP) is 6.08. The number of aromatic hydroxyl groups is 1. The minimum Gasteiger partial charge on any atom is -0.502 e. The number of methoxy groups -OCH3 is 2. The largest absolute Gasteiger partial charge is 0.502 e. The number of carbonyl (C=O) groups excluding carboxylic acids is 2. The quantitative estimate of drug-likeness (QED) is 0.379. The minimum atomic E-state index is -0.862. The number of fused-ring (bicyclic) bond motifs is 1. The van der Waals surface area contributed by atoms with Gasteiger partial charge in [-0.3, -0.25) is 14.5 Å². The van der Waals surface area contributed by atoms with E-state index in [-0.39, 0.29) is 29.1 Å². The monoisotopic (exact) mass is 528 g/mol. The lowest BCUT2D eigenvalue weighted by Gasteiger charge is -2.38. The van der Waals surface area contributed by atoms with Crippen molar-refractivity contribution in [2.24, 2.45) is 0 Å². The molecule has 2 N–H and O–H groups in total. The molecule has 0 saturated carbocycles. The van der Waals surface area contributed by atoms with Crippen molar-refractivity contribution < 1.29 is 24.2 Å². The van der Waals surface area contributed by atoms with Crippen molar-refractivity contribution in [2.75, 3.05) is 19.1 Å². The molecular formula is C32H36N2O5. The number of phenolic OH excluding ortho intramolecular Hbond substituents is 1. The molecule has 0 aliphatic carbocycles. The van der Waals surface area contributed by atoms with Gasteiger partial charge in [-0.15, -0.1) is 0 Å². The van der Waals surface area contributed by atoms with Crippen LogP contribution in [0.15, 0.2) is 60.7 Å². The van der Waals surface area contributed by atoms with Crippen molar-refractivity contribution in [3.8, 4) is 17.2 Å². The Balaban J connectivity index is 1.94. The average molecular weight is 529 g/mol. The second kappa shape index (κ2) is 10.8. The van der Waals surface area contributed by atoms with E-state index in [4.69, 9.17) is 9.47 Å². The Kier molecular flexibility index (Phi) is 7.72. The Hall–Kier alpha value is -4.26. The summed E-state index contributed by atoms with van der Waals surface area (Å²) < 4.78 is 10.6. The summed E-state index contributed by atoms with van der Waals surface area (Å²) in [6.45, 7) is 9.97. The molecule has 2 amide bonds. The van der Waals surface area contributed by atoms with Crippen LogP contribution in [0.3, 0.4) is 0 Å². The van der Waals surface area contributed by atoms with Crippen molar-refractivity contribution in [1.29, 1.82) is 0 Å². The zero-order valence-electron chi connectivity index (χ0n) is 23.5. The maximum atomic E-state index is 14.3. The summed E-state index contributed by atoms with van der Waals surface area (Å²) in [6.07, 6.45) is 1.74. The maximum absolute atomic E-state index is 14.3. The Morgan fingerprint density at radius 3 is 2.13 bits per heavy atom. The van der Waals surface area contributed by atoms with E-state index < -0.39 is 11.6 Å². The normalized spacial score (nSPS) is 16.3. The summed E-state index contributed by atoms with van der Waals surface area (Å²) in [4.78, 5) is 29.7. The highest BCUT2D eigenvalue weighted by atomic mass is 16.5. The Labute approximate surface area is 230 Å². The standard InChI is InChI=1S/C32H36N2O5/c1-19(2)21-12-14-22(15-13-21)34-28(30(36)33-32(3,4)5)24-11-9-8-10-23(24)25(31(34)37)16-20-17-26(38-6)29(35)27(18-20)39-7/h8-19,28,35H,1-7H3,(H,33,36)/b25-16+. The molecule has 0 fully saturated rings. The van der Waals surface area contributed by atoms with E-state index in [0.29, 0.717) is 28.3 Å². The van der Waals surface area contributed by atoms with Gasteiger partial charge in [-0.2, -0.15) is 0 Å². The number of ether oxygens (including phenoxy) is 2. The zero-order chi connectivity index (χ0) is 28.5. The maximum Gasteiger partial charge on any atom is 0.259 e. The van der Waals surface area contributed by atoms with Crippen LogP contribution in [0.5, 0.6) is 17.2 Å². The number of anilines is 1. The lowest BCUT2D eigenvalue weighted by atomic mass is 9.86. The Morgan fingerprint density at radius 2 is 1.59 bits per heavy atom. The predicted molar refractivity (Wildman–Crippen MR) is 154 cm³/mol. The molecule has 1 atom stereocenters. The van der Waals surface area contributed by atoms with E-state index >= 15 is 0 Å². The molecule has 3 aromatic carbocycles. The molecule has 204 valence electrons. The van der Waals surface area contributed by atoms with Crippen LogP contribution in [0.4, 0.5) is 5.69 Å². The van der Waals surface area contributed by atoms with Gasteiger partial charge in [0.25, 0.3) is 5.91 Å². The number of carbonyl (C=O) groups is 2. The third-order valence-corrected chi connectivity index (χ3v) is 6.65. The smallest absolute Gasteiger partial charge is 0.259 e. The van der Waals surface area contributed by atoms with Crippen LogP contribution in [-0.2, 0) is 9.59 Å². The minimum absolute atomic E-state index is 0.122. The number of phenols is 1. The molecule has 1 heterocycles. The van der Waals surface area contributed by atoms with Crippen LogP contribution in [0.25, 0.3) is 11.6 Å². The van der Waals surface area contributed by atoms with Crippen LogP contribution in [-0.4, -0.2) is 36.7 Å². The van der Waals surface area contributed by atoms with Crippen molar-refractivity contribution in [3.63, 3.8) is 0 Å². The van der Waals surface area contributed by atoms with Gasteiger partial charge in [0.15, 0.2) is 11.5 Å². The fourth-order valence-corrected chi connectivity index (χ4v) is 4.77. The topological polar surface area (TPSA) is 88.1 Å². The first-order chi connectivity index (χ1) is 18.4. The highest BCUT2D eigenvalue weighted by Gasteiger charge is 2.41. The molecule has 1 aliphatic rings. The average Bonchev–Trinajstić information content (AvgIpc) is 2.89. The first-order valence-electron chi connectivity index (χ1n) is 13.0. The van der Waals surface area contributed by atoms with Gasteiger partial charge in [-0.25, -0.2) is 0 Å². The molecule has 0 saturated heterocycles. The SMILES string of the molecule is COc1cc(/C=C2/C(=O)N(c3ccc(C(C)C)cc3)C(C(=O)NC(C)(C)C)c3ccccc32)cc(OC)c1O. The third kappa shape index (κ3) is 5.62. The first-order valence-corrected chi connectivity index (χ1v) is 13.0. The number of nitrogens with one attached hydrogen (secondary N) is 1. The van der Waals surface area contributed by atoms with Crippen LogP contribution >= 0.6 is 0 Å². The molecule has 7 nitrogen and oxygen atoms in total. The fourth-order valence-electron chi connectivity index (χ4n) is 4.77. The summed E-state index contributed by atoms with van der Waals surface area (Å²) in [5, 5.41) is 13.4. The molecule has 3 aromatic rings. The number of hydrogen-bond acceptors (Lipinski definition) is 5. The molecule has 0 aromatic heterocycles. The van der Waals surface area contributed by atoms with Crippen LogP contribution in [0.1, 0.15) is 68.8 Å². The van der Waals surface area contributed by atoms with Crippen molar-refractivity contribution in [2.45, 2.75) is 52.1 Å². The molecule has 7 heteroatoms. The fraction of sp³-hybridized carbons (Fsp3) is 0.312. The molecule has 1 unspecified atom stereocenters. The lowest BCUT2D eigenvalue weighted by molar-refractivity contribution is -0.126. The van der Waals surface area contributed by atoms with Gasteiger partial charge < -0.3 is 19.9 Å². The van der Waals surface area contributed by atoms with E-state index in [1.165, 1.54) is 14.2 Å². The van der Waals surface area contributed by atoms with Crippen LogP contribution in [0.2, 0.25) is 0 Å². The van der Waals surface area contributed by atoms with Gasteiger partial charge >= 0.3 is 0 Å². The van der Waals surface area contributed by atoms with Gasteiger partial charge in [0, 0.05) is 16.8 Å². The second-order valence-electron chi connectivity index (χ2n) is 11.0. The number of amides is 2. The van der Waals surface area contributed by atoms with Crippen LogP contribution in [0, 0.1) is 0 Å². The highest BCUT2D eigenvalue weighted by Crippen LogP contribution is 2.43. The molecule has 0 bridgehead atoms. The highest BCUT2D eigenvalue weighted by molar-refractivity contribution is 6.33. The lowest BCUT2D eigenvalue weighted by Crippen LogP contribution is -2.51. The zero-order valence-corrected chi connectivity index (χ0v) is 23.5. The van der Waals surface area contributed by atoms with E-state index in [0.717, 1.165) is 11.1 Å². The third-order valence-electron chi connectivity index (χ3n) is 6.65. The molecule has 0 radical (unpaired) electrons. The summed E-state index contributed by atoms with van der Waals surface area (Å²) in [5.41, 5.74) is 3.67. The summed E-state index contributed by atoms with van der Waals surface area (Å²) in [6, 6.07) is 17.6. The Bertz CT molecular complexity index is 1390. The number of rotatable bonds is 6. The van der Waals surface area contributed by atoms with E-state index in [1.807, 2.05) is 69.3 Å². The van der Waals surface area contributed by atoms with Crippen molar-refractivity contribution in [3.05, 3.63) is 82.9 Å². The van der Waals surface area contributed by atoms with E-state index in [1.54, 1.807) is 23.1 Å². The number of hydrogen-bond donors (Lipinski definition) is 2. The second-order valence-corrected chi connectivity index (χ2v) is 11.0. The number of nitrogens with zero attached hydrogens (tertiary/aromatic N) is 1. The first kappa shape index (κ1) is 27.8. The van der Waals surface area contributed by atoms with Crippen molar-refractivity contribution >= 4 is 29.2 Å². The Morgan fingerprint density at radius 1 is 1.00 bits per heavy atom. The van der Waals surface area contributed by atoms with Gasteiger partial charge in [-0.1, -0.05) is 50.2 Å². The van der Waals surface area contributed by atoms with Crippen LogP contribution < -0.4 is 19.7 Å². The van der Waals surface area contributed by atoms with E-state index in [2.05, 4.69) is 19.2 Å². The van der Waals surface area contributed by atoms with Gasteiger partial charge in [0.05, 0.1) is 14.2 Å².